The van der Waals surface area contributed by atoms with Gasteiger partial charge in [-0.2, -0.15) is 0 Å². The second-order valence-corrected chi connectivity index (χ2v) is 6.68. The molecule has 0 aromatic carbocycles. The lowest BCUT2D eigenvalue weighted by molar-refractivity contribution is 0.0655. The van der Waals surface area contributed by atoms with Gasteiger partial charge in [0.05, 0.1) is 0 Å². The Hall–Kier alpha value is -0.0800. The van der Waals surface area contributed by atoms with Crippen molar-refractivity contribution >= 4 is 0 Å². The van der Waals surface area contributed by atoms with Crippen molar-refractivity contribution in [2.45, 2.75) is 96.2 Å². The van der Waals surface area contributed by atoms with E-state index >= 15 is 0 Å². The van der Waals surface area contributed by atoms with Crippen molar-refractivity contribution in [3.05, 3.63) is 0 Å². The van der Waals surface area contributed by atoms with Crippen LogP contribution in [0.2, 0.25) is 0 Å². The molecule has 2 aliphatic rings. The molecule has 1 heterocycles. The Bertz CT molecular complexity index is 233. The van der Waals surface area contributed by atoms with E-state index in [1.54, 1.807) is 0 Å². The number of rotatable bonds is 5. The molecule has 0 aromatic rings. The first-order valence-electron chi connectivity index (χ1n) is 8.84. The molecule has 0 bridgehead atoms. The molecule has 2 heteroatoms. The molecule has 1 aliphatic heterocycles. The van der Waals surface area contributed by atoms with Crippen molar-refractivity contribution in [3.63, 3.8) is 0 Å². The largest absolute Gasteiger partial charge is 0.311 e. The highest BCUT2D eigenvalue weighted by atomic mass is 15.3. The molecule has 0 aromatic heterocycles. The molecule has 2 nitrogen and oxygen atoms in total. The van der Waals surface area contributed by atoms with Gasteiger partial charge in [0, 0.05) is 31.2 Å². The molecule has 2 rings (SSSR count). The molecule has 1 saturated heterocycles. The number of piperazine rings is 1. The predicted molar refractivity (Wildman–Crippen MR) is 83.6 cm³/mol. The van der Waals surface area contributed by atoms with E-state index in [0.717, 1.165) is 18.1 Å². The van der Waals surface area contributed by atoms with Crippen molar-refractivity contribution in [1.82, 2.24) is 10.2 Å². The Kier molecular flexibility index (Phi) is 6.66. The summed E-state index contributed by atoms with van der Waals surface area (Å²) in [5.41, 5.74) is 0. The minimum Gasteiger partial charge on any atom is -0.311 e. The van der Waals surface area contributed by atoms with E-state index in [-0.39, 0.29) is 0 Å². The van der Waals surface area contributed by atoms with Crippen LogP contribution >= 0.6 is 0 Å². The lowest BCUT2D eigenvalue weighted by atomic mass is 9.96. The summed E-state index contributed by atoms with van der Waals surface area (Å²) < 4.78 is 0. The van der Waals surface area contributed by atoms with Crippen LogP contribution in [0, 0.1) is 0 Å². The van der Waals surface area contributed by atoms with Crippen LogP contribution in [0.5, 0.6) is 0 Å². The molecule has 2 atom stereocenters. The van der Waals surface area contributed by atoms with Crippen LogP contribution in [0.1, 0.15) is 78.1 Å². The second-order valence-electron chi connectivity index (χ2n) is 6.68. The molecule has 1 aliphatic carbocycles. The normalized spacial score (nSPS) is 31.3. The Balaban J connectivity index is 1.96. The van der Waals surface area contributed by atoms with Gasteiger partial charge >= 0.3 is 0 Å². The summed E-state index contributed by atoms with van der Waals surface area (Å²) in [7, 11) is 0. The highest BCUT2D eigenvalue weighted by molar-refractivity contribution is 4.90. The van der Waals surface area contributed by atoms with Crippen molar-refractivity contribution in [2.75, 3.05) is 13.1 Å². The zero-order valence-electron chi connectivity index (χ0n) is 13.2. The zero-order chi connectivity index (χ0) is 13.5. The molecule has 112 valence electrons. The van der Waals surface area contributed by atoms with E-state index in [9.17, 15) is 0 Å². The maximum atomic E-state index is 3.80. The van der Waals surface area contributed by atoms with E-state index < -0.39 is 0 Å². The summed E-state index contributed by atoms with van der Waals surface area (Å²) in [6, 6.07) is 2.45. The maximum Gasteiger partial charge on any atom is 0.0224 e. The Morgan fingerprint density at radius 2 is 1.63 bits per heavy atom. The monoisotopic (exact) mass is 266 g/mol. The van der Waals surface area contributed by atoms with Gasteiger partial charge in [-0.05, 0) is 25.7 Å². The van der Waals surface area contributed by atoms with Crippen LogP contribution < -0.4 is 5.32 Å². The Morgan fingerprint density at radius 3 is 2.26 bits per heavy atom. The van der Waals surface area contributed by atoms with Gasteiger partial charge in [0.15, 0.2) is 0 Å². The SMILES string of the molecule is CCCC1CN(C2CCCCCC2)C(CCC)CN1. The minimum absolute atomic E-state index is 0.751. The van der Waals surface area contributed by atoms with Crippen molar-refractivity contribution in [3.8, 4) is 0 Å². The van der Waals surface area contributed by atoms with Gasteiger partial charge in [0.25, 0.3) is 0 Å². The summed E-state index contributed by atoms with van der Waals surface area (Å²) in [5.74, 6) is 0. The summed E-state index contributed by atoms with van der Waals surface area (Å²) in [4.78, 5) is 2.91. The maximum absolute atomic E-state index is 3.80. The molecule has 19 heavy (non-hydrogen) atoms. The van der Waals surface area contributed by atoms with Gasteiger partial charge in [-0.15, -0.1) is 0 Å². The summed E-state index contributed by atoms with van der Waals surface area (Å²) in [5, 5.41) is 3.80. The molecular formula is C17H34N2. The van der Waals surface area contributed by atoms with Gasteiger partial charge in [-0.25, -0.2) is 0 Å². The first-order chi connectivity index (χ1) is 9.35. The first kappa shape index (κ1) is 15.3. The predicted octanol–water partition coefficient (Wildman–Crippen LogP) is 3.95. The number of hydrogen-bond acceptors (Lipinski definition) is 2. The van der Waals surface area contributed by atoms with Crippen LogP contribution in [-0.4, -0.2) is 36.1 Å². The molecule has 0 amide bonds. The van der Waals surface area contributed by atoms with Crippen LogP contribution in [0.25, 0.3) is 0 Å². The average molecular weight is 266 g/mol. The zero-order valence-corrected chi connectivity index (χ0v) is 13.2. The molecule has 0 spiro atoms. The van der Waals surface area contributed by atoms with Crippen LogP contribution in [-0.2, 0) is 0 Å². The molecule has 1 saturated carbocycles. The van der Waals surface area contributed by atoms with Crippen LogP contribution in [0.3, 0.4) is 0 Å². The third-order valence-corrected chi connectivity index (χ3v) is 5.10. The number of hydrogen-bond donors (Lipinski definition) is 1. The number of nitrogens with one attached hydrogen (secondary N) is 1. The van der Waals surface area contributed by atoms with E-state index in [4.69, 9.17) is 0 Å². The van der Waals surface area contributed by atoms with Gasteiger partial charge in [-0.3, -0.25) is 4.90 Å². The number of nitrogens with zero attached hydrogens (tertiary/aromatic N) is 1. The molecule has 1 N–H and O–H groups in total. The lowest BCUT2D eigenvalue weighted by Crippen LogP contribution is -2.59. The van der Waals surface area contributed by atoms with Gasteiger partial charge in [-0.1, -0.05) is 52.4 Å². The quantitative estimate of drug-likeness (QED) is 0.758. The second kappa shape index (κ2) is 8.26. The first-order valence-corrected chi connectivity index (χ1v) is 8.84. The molecule has 2 unspecified atom stereocenters. The third kappa shape index (κ3) is 4.46. The summed E-state index contributed by atoms with van der Waals surface area (Å²) in [6.07, 6.45) is 14.2. The third-order valence-electron chi connectivity index (χ3n) is 5.10. The lowest BCUT2D eigenvalue weighted by Gasteiger charge is -2.45. The topological polar surface area (TPSA) is 15.3 Å². The summed E-state index contributed by atoms with van der Waals surface area (Å²) >= 11 is 0. The Labute approximate surface area is 120 Å². The average Bonchev–Trinajstić information content (AvgIpc) is 2.70. The highest BCUT2D eigenvalue weighted by Crippen LogP contribution is 2.26. The Morgan fingerprint density at radius 1 is 0.947 bits per heavy atom. The fourth-order valence-corrected chi connectivity index (χ4v) is 4.07. The standard InChI is InChI=1S/C17H34N2/c1-3-9-15-14-19(17(10-4-2)13-18-15)16-11-7-5-6-8-12-16/h15-18H,3-14H2,1-2H3. The fraction of sp³-hybridized carbons (Fsp3) is 1.00. The smallest absolute Gasteiger partial charge is 0.0224 e. The fourth-order valence-electron chi connectivity index (χ4n) is 4.07. The van der Waals surface area contributed by atoms with Crippen molar-refractivity contribution in [2.24, 2.45) is 0 Å². The van der Waals surface area contributed by atoms with Gasteiger partial charge in [0.1, 0.15) is 0 Å². The van der Waals surface area contributed by atoms with Crippen molar-refractivity contribution < 1.29 is 0 Å². The van der Waals surface area contributed by atoms with Crippen molar-refractivity contribution in [1.29, 1.82) is 0 Å². The molecule has 0 radical (unpaired) electrons. The molecular weight excluding hydrogens is 232 g/mol. The summed E-state index contributed by atoms with van der Waals surface area (Å²) in [6.45, 7) is 7.19. The van der Waals surface area contributed by atoms with E-state index in [1.165, 1.54) is 77.3 Å². The van der Waals surface area contributed by atoms with E-state index in [1.807, 2.05) is 0 Å². The van der Waals surface area contributed by atoms with E-state index in [2.05, 4.69) is 24.1 Å². The highest BCUT2D eigenvalue weighted by Gasteiger charge is 2.31. The van der Waals surface area contributed by atoms with E-state index in [0.29, 0.717) is 0 Å². The van der Waals surface area contributed by atoms with Gasteiger partial charge in [0.2, 0.25) is 0 Å². The van der Waals surface area contributed by atoms with Gasteiger partial charge < -0.3 is 5.32 Å². The van der Waals surface area contributed by atoms with Crippen LogP contribution in [0.15, 0.2) is 0 Å². The van der Waals surface area contributed by atoms with Crippen LogP contribution in [0.4, 0.5) is 0 Å². The molecule has 2 fully saturated rings. The minimum atomic E-state index is 0.751.